The molecule has 2 aromatic carbocycles. The molecule has 296 valence electrons. The number of imidazole rings is 1. The molecule has 58 heavy (non-hydrogen) atoms. The Morgan fingerprint density at radius 1 is 0.914 bits per heavy atom. The Kier molecular flexibility index (Phi) is 9.75. The van der Waals surface area contributed by atoms with Gasteiger partial charge in [-0.1, -0.05) is 18.2 Å². The number of aryl methyl sites for hydroxylation is 1. The Bertz CT molecular complexity index is 2450. The van der Waals surface area contributed by atoms with Crippen LogP contribution in [0.4, 0.5) is 11.5 Å². The number of nitrogens with one attached hydrogen (secondary N) is 3. The van der Waals surface area contributed by atoms with Gasteiger partial charge in [0, 0.05) is 49.5 Å². The Morgan fingerprint density at radius 2 is 1.72 bits per heavy atom. The number of amides is 5. The number of nitrogens with zero attached hydrogens (tertiary/aromatic N) is 7. The fourth-order valence-corrected chi connectivity index (χ4v) is 8.27. The lowest BCUT2D eigenvalue weighted by atomic mass is 9.86. The summed E-state index contributed by atoms with van der Waals surface area (Å²) in [6.45, 7) is 4.48. The van der Waals surface area contributed by atoms with Gasteiger partial charge in [-0.3, -0.25) is 34.2 Å². The molecular formula is C42H42N10O6. The molecule has 5 aromatic rings. The van der Waals surface area contributed by atoms with Crippen molar-refractivity contribution in [3.05, 3.63) is 101 Å². The average molecular weight is 783 g/mol. The Morgan fingerprint density at radius 3 is 2.53 bits per heavy atom. The summed E-state index contributed by atoms with van der Waals surface area (Å²) in [6, 6.07) is 17.9. The molecule has 6 heterocycles. The summed E-state index contributed by atoms with van der Waals surface area (Å²) >= 11 is 0. The zero-order valence-corrected chi connectivity index (χ0v) is 31.9. The van der Waals surface area contributed by atoms with Gasteiger partial charge in [0.05, 0.1) is 24.1 Å². The van der Waals surface area contributed by atoms with E-state index in [2.05, 4.69) is 45.4 Å². The lowest BCUT2D eigenvalue weighted by Crippen LogP contribution is -2.54. The van der Waals surface area contributed by atoms with Crippen LogP contribution in [-0.2, 0) is 16.1 Å². The molecule has 9 rings (SSSR count). The predicted octanol–water partition coefficient (Wildman–Crippen LogP) is 3.97. The van der Waals surface area contributed by atoms with Crippen molar-refractivity contribution in [3.63, 3.8) is 0 Å². The number of fused-ring (bicyclic) bond motifs is 2. The molecule has 4 aliphatic rings. The van der Waals surface area contributed by atoms with Gasteiger partial charge in [-0.15, -0.1) is 0 Å². The molecule has 5 amide bonds. The number of hydrogen-bond acceptors (Lipinski definition) is 12. The van der Waals surface area contributed by atoms with E-state index < -0.39 is 29.7 Å². The summed E-state index contributed by atoms with van der Waals surface area (Å²) in [5, 5.41) is 8.74. The highest BCUT2D eigenvalue weighted by molar-refractivity contribution is 6.23. The van der Waals surface area contributed by atoms with Crippen LogP contribution in [0, 0.1) is 12.8 Å². The maximum absolute atomic E-state index is 13.3. The van der Waals surface area contributed by atoms with Crippen molar-refractivity contribution >= 4 is 52.2 Å². The van der Waals surface area contributed by atoms with Gasteiger partial charge in [0.15, 0.2) is 11.5 Å². The number of carbonyl (C=O) groups excluding carboxylic acids is 5. The van der Waals surface area contributed by atoms with Crippen molar-refractivity contribution in [2.75, 3.05) is 29.9 Å². The van der Waals surface area contributed by atoms with E-state index >= 15 is 0 Å². The van der Waals surface area contributed by atoms with Crippen LogP contribution in [0.2, 0.25) is 0 Å². The molecule has 0 spiro atoms. The molecular weight excluding hydrogens is 741 g/mol. The second-order valence-corrected chi connectivity index (χ2v) is 15.4. The number of carbonyl (C=O) groups is 5. The average Bonchev–Trinajstić information content (AvgIpc) is 3.75. The van der Waals surface area contributed by atoms with Crippen LogP contribution in [0.25, 0.3) is 11.2 Å². The summed E-state index contributed by atoms with van der Waals surface area (Å²) in [5.41, 5.74) is 5.10. The molecule has 16 heteroatoms. The molecule has 3 aromatic heterocycles. The zero-order valence-electron chi connectivity index (χ0n) is 31.9. The van der Waals surface area contributed by atoms with Crippen LogP contribution >= 0.6 is 0 Å². The first kappa shape index (κ1) is 36.9. The minimum absolute atomic E-state index is 0.0551. The van der Waals surface area contributed by atoms with Crippen molar-refractivity contribution < 1.29 is 28.7 Å². The van der Waals surface area contributed by atoms with Crippen molar-refractivity contribution in [2.24, 2.45) is 5.92 Å². The number of piperidine rings is 2. The molecule has 1 aliphatic carbocycles. The van der Waals surface area contributed by atoms with Gasteiger partial charge in [-0.05, 0) is 93.0 Å². The van der Waals surface area contributed by atoms with Gasteiger partial charge in [0.2, 0.25) is 11.8 Å². The van der Waals surface area contributed by atoms with Gasteiger partial charge < -0.3 is 24.8 Å². The highest BCUT2D eigenvalue weighted by Gasteiger charge is 2.45. The van der Waals surface area contributed by atoms with Crippen molar-refractivity contribution in [1.82, 2.24) is 40.0 Å². The first-order chi connectivity index (χ1) is 28.2. The predicted molar refractivity (Wildman–Crippen MR) is 211 cm³/mol. The van der Waals surface area contributed by atoms with Crippen LogP contribution in [0.3, 0.4) is 0 Å². The second kappa shape index (κ2) is 15.3. The van der Waals surface area contributed by atoms with Crippen LogP contribution < -0.4 is 25.6 Å². The van der Waals surface area contributed by atoms with Crippen LogP contribution in [0.15, 0.2) is 73.3 Å². The molecule has 1 saturated carbocycles. The molecule has 3 N–H and O–H groups in total. The minimum atomic E-state index is -0.986. The number of hydrogen-bond donors (Lipinski definition) is 3. The molecule has 3 aliphatic heterocycles. The zero-order chi connectivity index (χ0) is 39.9. The van der Waals surface area contributed by atoms with E-state index in [9.17, 15) is 24.0 Å². The molecule has 1 atom stereocenters. The largest absolute Gasteiger partial charge is 0.493 e. The number of aromatic nitrogens is 5. The number of benzene rings is 2. The van der Waals surface area contributed by atoms with E-state index in [1.165, 1.54) is 6.33 Å². The van der Waals surface area contributed by atoms with Crippen molar-refractivity contribution in [1.29, 1.82) is 0 Å². The topological polar surface area (TPSA) is 194 Å². The quantitative estimate of drug-likeness (QED) is 0.164. The molecule has 0 bridgehead atoms. The Hall–Kier alpha value is -6.71. The fourth-order valence-electron chi connectivity index (χ4n) is 8.27. The van der Waals surface area contributed by atoms with Gasteiger partial charge in [-0.25, -0.2) is 19.9 Å². The standard InChI is InChI=1S/C42H42N10O6/c1-24-4-2-7-33(47-24)39(54)48-27-17-29(18-27)51-23-46-36-37(44-22-45-38(36)51)43-20-26-5-3-6-30(16-26)58-21-25-12-14-50(15-13-25)28-8-9-31-32(19-28)42(57)52(41(31)56)34-10-11-35(53)49-40(34)55/h2-9,16,19,22-23,25,27,29,34H,10-15,17-18,20-21H2,1H3,(H,48,54)(H,43,44,45)(H,49,53,55)/t27?,29?,34-/m0/s1. The van der Waals surface area contributed by atoms with Gasteiger partial charge in [-0.2, -0.15) is 0 Å². The summed E-state index contributed by atoms with van der Waals surface area (Å²) in [5.74, 6) is -0.419. The van der Waals surface area contributed by atoms with E-state index in [-0.39, 0.29) is 42.0 Å². The van der Waals surface area contributed by atoms with Crippen LogP contribution in [0.5, 0.6) is 5.75 Å². The summed E-state index contributed by atoms with van der Waals surface area (Å²) in [6.07, 6.45) is 6.88. The third-order valence-corrected chi connectivity index (χ3v) is 11.6. The van der Waals surface area contributed by atoms with Gasteiger partial charge in [0.25, 0.3) is 17.7 Å². The van der Waals surface area contributed by atoms with E-state index in [1.807, 2.05) is 49.4 Å². The fraction of sp³-hybridized carbons (Fsp3) is 0.357. The van der Waals surface area contributed by atoms with Crippen molar-refractivity contribution in [3.8, 4) is 5.75 Å². The molecule has 0 unspecified atom stereocenters. The third kappa shape index (κ3) is 7.21. The minimum Gasteiger partial charge on any atom is -0.493 e. The normalized spacial score (nSPS) is 20.8. The SMILES string of the molecule is Cc1cccc(C(=O)NC2CC(n3cnc4c(NCc5cccc(OCC6CCN(c7ccc8c(c7)C(=O)N([C@H]7CCC(=O)NC7=O)C8=O)CC6)c5)ncnc43)C2)n1. The number of pyridine rings is 1. The maximum atomic E-state index is 13.3. The summed E-state index contributed by atoms with van der Waals surface area (Å²) in [7, 11) is 0. The van der Waals surface area contributed by atoms with Gasteiger partial charge in [0.1, 0.15) is 29.3 Å². The number of rotatable bonds is 11. The van der Waals surface area contributed by atoms with Crippen LogP contribution in [-0.4, -0.2) is 90.7 Å². The monoisotopic (exact) mass is 782 g/mol. The molecule has 3 fully saturated rings. The number of imide groups is 2. The van der Waals surface area contributed by atoms with E-state index in [4.69, 9.17) is 4.74 Å². The first-order valence-electron chi connectivity index (χ1n) is 19.7. The van der Waals surface area contributed by atoms with Crippen molar-refractivity contribution in [2.45, 2.75) is 70.1 Å². The third-order valence-electron chi connectivity index (χ3n) is 11.6. The van der Waals surface area contributed by atoms with Crippen LogP contribution in [0.1, 0.15) is 87.0 Å². The van der Waals surface area contributed by atoms with E-state index in [0.717, 1.165) is 72.0 Å². The smallest absolute Gasteiger partial charge is 0.270 e. The van der Waals surface area contributed by atoms with E-state index in [0.29, 0.717) is 36.1 Å². The lowest BCUT2D eigenvalue weighted by Gasteiger charge is -2.36. The lowest BCUT2D eigenvalue weighted by molar-refractivity contribution is -0.136. The summed E-state index contributed by atoms with van der Waals surface area (Å²) in [4.78, 5) is 84.3. The molecule has 0 radical (unpaired) electrons. The number of anilines is 2. The molecule has 2 saturated heterocycles. The second-order valence-electron chi connectivity index (χ2n) is 15.4. The Balaban J connectivity index is 0.752. The first-order valence-corrected chi connectivity index (χ1v) is 19.7. The summed E-state index contributed by atoms with van der Waals surface area (Å²) < 4.78 is 8.33. The Labute approximate surface area is 333 Å². The van der Waals surface area contributed by atoms with Gasteiger partial charge >= 0.3 is 0 Å². The number of ether oxygens (including phenoxy) is 1. The highest BCUT2D eigenvalue weighted by Crippen LogP contribution is 2.36. The molecule has 16 nitrogen and oxygen atoms in total. The maximum Gasteiger partial charge on any atom is 0.270 e. The highest BCUT2D eigenvalue weighted by atomic mass is 16.5. The van der Waals surface area contributed by atoms with E-state index in [1.54, 1.807) is 24.5 Å².